The van der Waals surface area contributed by atoms with Crippen molar-refractivity contribution in [2.75, 3.05) is 20.3 Å². The standard InChI is InChI=1S/C36H36Br2N2O7S/c1-7-44-29-16-23(15-26(38)33(29)46-19-22-9-12-25(37)13-10-22)17-30-34(41)40-32(24-11-14-27(47-20(3)4)28(18-24)43-6)31(35(42)45-8-2)21(5)39-36(40)48-30/h9-18,20,32H,7-8,19H2,1-6H3/b30-17-/t32-/m1/s1. The first kappa shape index (κ1) is 35.4. The Bertz CT molecular complexity index is 2030. The van der Waals surface area contributed by atoms with E-state index < -0.39 is 12.0 Å². The molecule has 0 N–H and O–H groups in total. The Hall–Kier alpha value is -3.87. The van der Waals surface area contributed by atoms with Crippen LogP contribution in [0.3, 0.4) is 0 Å². The van der Waals surface area contributed by atoms with Crippen LogP contribution in [0.5, 0.6) is 23.0 Å². The lowest BCUT2D eigenvalue weighted by molar-refractivity contribution is -0.139. The number of carbonyl (C=O) groups is 1. The van der Waals surface area contributed by atoms with Crippen LogP contribution in [0.15, 0.2) is 84.6 Å². The van der Waals surface area contributed by atoms with Crippen LogP contribution in [0, 0.1) is 0 Å². The number of ether oxygens (including phenoxy) is 5. The van der Waals surface area contributed by atoms with Crippen molar-refractivity contribution in [3.8, 4) is 23.0 Å². The third kappa shape index (κ3) is 7.71. The highest BCUT2D eigenvalue weighted by Gasteiger charge is 2.34. The number of esters is 1. The summed E-state index contributed by atoms with van der Waals surface area (Å²) in [7, 11) is 1.55. The fourth-order valence-corrected chi connectivity index (χ4v) is 7.16. The van der Waals surface area contributed by atoms with Crippen LogP contribution < -0.4 is 33.8 Å². The Morgan fingerprint density at radius 1 is 1.00 bits per heavy atom. The van der Waals surface area contributed by atoms with Gasteiger partial charge in [-0.15, -0.1) is 0 Å². The number of methoxy groups -OCH3 is 1. The molecule has 12 heteroatoms. The summed E-state index contributed by atoms with van der Waals surface area (Å²) in [6.45, 7) is 10.2. The summed E-state index contributed by atoms with van der Waals surface area (Å²) < 4.78 is 32.8. The number of allylic oxidation sites excluding steroid dienone is 1. The topological polar surface area (TPSA) is 97.6 Å². The quantitative estimate of drug-likeness (QED) is 0.141. The van der Waals surface area contributed by atoms with Crippen molar-refractivity contribution < 1.29 is 28.5 Å². The SMILES string of the molecule is CCOC(=O)C1=C(C)N=c2s/c(=C\c3cc(Br)c(OCc4ccc(Br)cc4)c(OCC)c3)c(=O)n2[C@@H]1c1ccc(OC(C)C)c(OC)c1. The number of carbonyl (C=O) groups excluding carboxylic acids is 1. The molecule has 4 aromatic rings. The highest BCUT2D eigenvalue weighted by molar-refractivity contribution is 9.10. The number of halogens is 2. The molecule has 0 aliphatic carbocycles. The Morgan fingerprint density at radius 2 is 1.75 bits per heavy atom. The van der Waals surface area contributed by atoms with Crippen molar-refractivity contribution >= 4 is 55.2 Å². The van der Waals surface area contributed by atoms with E-state index >= 15 is 0 Å². The third-order valence-corrected chi connectivity index (χ3v) is 9.41. The van der Waals surface area contributed by atoms with E-state index in [1.165, 1.54) is 11.3 Å². The predicted octanol–water partition coefficient (Wildman–Crippen LogP) is 7.10. The van der Waals surface area contributed by atoms with Crippen molar-refractivity contribution in [1.82, 2.24) is 4.57 Å². The number of benzene rings is 3. The van der Waals surface area contributed by atoms with Gasteiger partial charge >= 0.3 is 5.97 Å². The first-order chi connectivity index (χ1) is 23.0. The number of hydrogen-bond acceptors (Lipinski definition) is 9. The van der Waals surface area contributed by atoms with E-state index in [9.17, 15) is 9.59 Å². The van der Waals surface area contributed by atoms with Crippen molar-refractivity contribution in [2.45, 2.75) is 53.4 Å². The Balaban J connectivity index is 1.60. The number of thiazole rings is 1. The van der Waals surface area contributed by atoms with Gasteiger partial charge in [0.2, 0.25) is 0 Å². The minimum atomic E-state index is -0.801. The lowest BCUT2D eigenvalue weighted by Gasteiger charge is -2.25. The minimum Gasteiger partial charge on any atom is -0.493 e. The lowest BCUT2D eigenvalue weighted by atomic mass is 9.95. The van der Waals surface area contributed by atoms with Crippen molar-refractivity contribution in [1.29, 1.82) is 0 Å². The molecule has 5 rings (SSSR count). The van der Waals surface area contributed by atoms with Crippen LogP contribution in [-0.4, -0.2) is 37.0 Å². The lowest BCUT2D eigenvalue weighted by Crippen LogP contribution is -2.40. The van der Waals surface area contributed by atoms with Crippen molar-refractivity contribution in [3.63, 3.8) is 0 Å². The summed E-state index contributed by atoms with van der Waals surface area (Å²) in [6.07, 6.45) is 1.71. The summed E-state index contributed by atoms with van der Waals surface area (Å²) in [5, 5.41) is 0. The van der Waals surface area contributed by atoms with Gasteiger partial charge in [0.25, 0.3) is 5.56 Å². The van der Waals surface area contributed by atoms with Crippen LogP contribution in [0.1, 0.15) is 57.4 Å². The van der Waals surface area contributed by atoms with Gasteiger partial charge in [-0.1, -0.05) is 45.5 Å². The fourth-order valence-electron chi connectivity index (χ4n) is 5.27. The molecule has 1 aliphatic heterocycles. The predicted molar refractivity (Wildman–Crippen MR) is 193 cm³/mol. The Morgan fingerprint density at radius 3 is 2.42 bits per heavy atom. The molecule has 9 nitrogen and oxygen atoms in total. The van der Waals surface area contributed by atoms with Crippen molar-refractivity contribution in [3.05, 3.63) is 111 Å². The first-order valence-corrected chi connectivity index (χ1v) is 17.8. The molecule has 0 bridgehead atoms. The molecule has 2 heterocycles. The zero-order valence-electron chi connectivity index (χ0n) is 27.5. The molecular formula is C36H36Br2N2O7S. The van der Waals surface area contributed by atoms with E-state index in [1.54, 1.807) is 43.7 Å². The molecule has 1 atom stereocenters. The van der Waals surface area contributed by atoms with E-state index in [-0.39, 0.29) is 23.8 Å². The van der Waals surface area contributed by atoms with Crippen molar-refractivity contribution in [2.24, 2.45) is 4.99 Å². The molecule has 1 aliphatic rings. The zero-order valence-corrected chi connectivity index (χ0v) is 31.5. The molecule has 0 saturated heterocycles. The average Bonchev–Trinajstić information content (AvgIpc) is 3.34. The molecule has 0 spiro atoms. The van der Waals surface area contributed by atoms with Gasteiger partial charge < -0.3 is 23.7 Å². The second-order valence-corrected chi connectivity index (χ2v) is 13.8. The summed E-state index contributed by atoms with van der Waals surface area (Å²) in [5.41, 5.74) is 2.84. The van der Waals surface area contributed by atoms with Gasteiger partial charge in [-0.05, 0) is 110 Å². The number of hydrogen-bond donors (Lipinski definition) is 0. The van der Waals surface area contributed by atoms with Gasteiger partial charge in [-0.25, -0.2) is 9.79 Å². The smallest absolute Gasteiger partial charge is 0.338 e. The summed E-state index contributed by atoms with van der Waals surface area (Å²) >= 11 is 8.35. The molecule has 252 valence electrons. The summed E-state index contributed by atoms with van der Waals surface area (Å²) in [6, 6.07) is 16.2. The summed E-state index contributed by atoms with van der Waals surface area (Å²) in [4.78, 5) is 32.7. The molecule has 48 heavy (non-hydrogen) atoms. The van der Waals surface area contributed by atoms with Gasteiger partial charge in [-0.3, -0.25) is 9.36 Å². The van der Waals surface area contributed by atoms with Crippen LogP contribution in [0.25, 0.3) is 6.08 Å². The normalized spacial score (nSPS) is 14.4. The fraction of sp³-hybridized carbons (Fsp3) is 0.306. The third-order valence-electron chi connectivity index (χ3n) is 7.31. The number of aromatic nitrogens is 1. The molecule has 1 aromatic heterocycles. The monoisotopic (exact) mass is 798 g/mol. The number of fused-ring (bicyclic) bond motifs is 1. The first-order valence-electron chi connectivity index (χ1n) is 15.4. The Labute approximate surface area is 299 Å². The van der Waals surface area contributed by atoms with Gasteiger partial charge in [0, 0.05) is 4.47 Å². The van der Waals surface area contributed by atoms with Crippen LogP contribution in [0.2, 0.25) is 0 Å². The molecule has 0 radical (unpaired) electrons. The van der Waals surface area contributed by atoms with E-state index in [0.29, 0.717) is 61.3 Å². The molecule has 0 saturated carbocycles. The maximum absolute atomic E-state index is 14.2. The summed E-state index contributed by atoms with van der Waals surface area (Å²) in [5.74, 6) is 1.60. The van der Waals surface area contributed by atoms with Gasteiger partial charge in [0.05, 0.1) is 52.7 Å². The van der Waals surface area contributed by atoms with E-state index in [1.807, 2.05) is 63.2 Å². The van der Waals surface area contributed by atoms with Crippen LogP contribution in [-0.2, 0) is 16.1 Å². The molecule has 0 amide bonds. The van der Waals surface area contributed by atoms with Crippen LogP contribution in [0.4, 0.5) is 0 Å². The zero-order chi connectivity index (χ0) is 34.5. The van der Waals surface area contributed by atoms with E-state index in [2.05, 4.69) is 31.9 Å². The minimum absolute atomic E-state index is 0.0740. The molecule has 0 unspecified atom stereocenters. The van der Waals surface area contributed by atoms with Gasteiger partial charge in [0.1, 0.15) is 6.61 Å². The Kier molecular flexibility index (Phi) is 11.5. The van der Waals surface area contributed by atoms with E-state index in [0.717, 1.165) is 15.6 Å². The highest BCUT2D eigenvalue weighted by Crippen LogP contribution is 2.39. The van der Waals surface area contributed by atoms with E-state index in [4.69, 9.17) is 28.7 Å². The molecular weight excluding hydrogens is 764 g/mol. The average molecular weight is 801 g/mol. The maximum atomic E-state index is 14.2. The second-order valence-electron chi connectivity index (χ2n) is 11.1. The largest absolute Gasteiger partial charge is 0.493 e. The highest BCUT2D eigenvalue weighted by atomic mass is 79.9. The number of nitrogens with zero attached hydrogens (tertiary/aromatic N) is 2. The maximum Gasteiger partial charge on any atom is 0.338 e. The number of rotatable bonds is 12. The second kappa shape index (κ2) is 15.6. The van der Waals surface area contributed by atoms with Gasteiger partial charge in [0.15, 0.2) is 27.8 Å². The molecule has 3 aromatic carbocycles. The van der Waals surface area contributed by atoms with Crippen LogP contribution >= 0.6 is 43.2 Å². The molecule has 0 fully saturated rings. The van der Waals surface area contributed by atoms with Gasteiger partial charge in [-0.2, -0.15) is 0 Å².